The fourth-order valence-corrected chi connectivity index (χ4v) is 13.7. The van der Waals surface area contributed by atoms with Gasteiger partial charge in [0.2, 0.25) is 0 Å². The van der Waals surface area contributed by atoms with Gasteiger partial charge in [0.1, 0.15) is 5.78 Å². The van der Waals surface area contributed by atoms with Gasteiger partial charge in [-0.3, -0.25) is 9.35 Å². The first-order chi connectivity index (χ1) is 21.8. The normalized spacial score (nSPS) is 40.7. The van der Waals surface area contributed by atoms with Crippen molar-refractivity contribution in [3.8, 4) is 0 Å². The lowest BCUT2D eigenvalue weighted by molar-refractivity contribution is -0.224. The number of hydrogen-bond donors (Lipinski definition) is 2. The second kappa shape index (κ2) is 11.4. The van der Waals surface area contributed by atoms with Crippen molar-refractivity contribution < 1.29 is 27.7 Å². The third-order valence-electron chi connectivity index (χ3n) is 15.4. The minimum absolute atomic E-state index is 0.0521. The number of hydrogen-bond acceptors (Lipinski definition) is 4. The topological polar surface area (TPSA) is 109 Å². The Hall–Kier alpha value is -2.25. The number of carboxylic acids is 1. The van der Waals surface area contributed by atoms with Crippen molar-refractivity contribution in [1.29, 1.82) is 0 Å². The molecule has 0 spiro atoms. The van der Waals surface area contributed by atoms with Gasteiger partial charge in [-0.25, -0.2) is 4.79 Å². The van der Waals surface area contributed by atoms with Gasteiger partial charge in [0.05, 0.1) is 11.3 Å². The van der Waals surface area contributed by atoms with Gasteiger partial charge in [0.15, 0.2) is 0 Å². The standard InChI is InChI=1S/C40H56O6S/c1-25(2)28-16-21-40(33(41)9-8-24-47(44,45)46)23-22-38(6)30(34(28)40)14-15-32-37(5)19-17-29(26-10-12-27(13-11-26)35(42)43)36(3,4)31(37)18-20-39(32,38)7/h10-13,17,28,30-32,34H,1,8-9,14-16,18-24H2,2-7H3,(H,42,43)(H,44,45,46)/t28-,30+,31-,32+,34+,37-,38+,39+,40+/m0/s1. The van der Waals surface area contributed by atoms with Crippen LogP contribution >= 0.6 is 0 Å². The van der Waals surface area contributed by atoms with Gasteiger partial charge < -0.3 is 5.11 Å². The molecule has 4 saturated carbocycles. The smallest absolute Gasteiger partial charge is 0.335 e. The first-order valence-electron chi connectivity index (χ1n) is 18.0. The molecule has 0 aromatic heterocycles. The van der Waals surface area contributed by atoms with Crippen LogP contribution in [-0.4, -0.2) is 35.6 Å². The van der Waals surface area contributed by atoms with Crippen molar-refractivity contribution in [3.05, 3.63) is 53.6 Å². The fraction of sp³-hybridized carbons (Fsp3) is 0.700. The summed E-state index contributed by atoms with van der Waals surface area (Å²) in [5.41, 5.74) is 3.85. The third kappa shape index (κ3) is 5.14. The van der Waals surface area contributed by atoms with Crippen molar-refractivity contribution in [2.45, 2.75) is 112 Å². The Bertz CT molecular complexity index is 1600. The lowest BCUT2D eigenvalue weighted by Crippen LogP contribution is -2.65. The molecule has 1 aromatic carbocycles. The predicted molar refractivity (Wildman–Crippen MR) is 186 cm³/mol. The zero-order valence-corrected chi connectivity index (χ0v) is 30.2. The maximum atomic E-state index is 14.2. The van der Waals surface area contributed by atoms with E-state index in [0.29, 0.717) is 29.2 Å². The first kappa shape index (κ1) is 34.6. The molecular weight excluding hydrogens is 609 g/mol. The maximum Gasteiger partial charge on any atom is 0.335 e. The highest BCUT2D eigenvalue weighted by Crippen LogP contribution is 2.78. The van der Waals surface area contributed by atoms with Crippen LogP contribution in [0.25, 0.3) is 5.57 Å². The van der Waals surface area contributed by atoms with E-state index in [1.165, 1.54) is 17.6 Å². The van der Waals surface area contributed by atoms with Gasteiger partial charge >= 0.3 is 5.97 Å². The van der Waals surface area contributed by atoms with Crippen molar-refractivity contribution in [1.82, 2.24) is 0 Å². The number of aromatic carboxylic acids is 1. The van der Waals surface area contributed by atoms with Crippen molar-refractivity contribution >= 4 is 27.4 Å². The summed E-state index contributed by atoms with van der Waals surface area (Å²) in [6.45, 7) is 19.1. The molecule has 0 amide bonds. The van der Waals surface area contributed by atoms with E-state index in [1.807, 2.05) is 12.1 Å². The molecule has 4 fully saturated rings. The van der Waals surface area contributed by atoms with Gasteiger partial charge in [-0.1, -0.05) is 65.0 Å². The van der Waals surface area contributed by atoms with Gasteiger partial charge in [0.25, 0.3) is 10.1 Å². The number of carbonyl (C=O) groups excluding carboxylic acids is 1. The Morgan fingerprint density at radius 3 is 2.19 bits per heavy atom. The van der Waals surface area contributed by atoms with Crippen molar-refractivity contribution in [2.24, 2.45) is 56.7 Å². The van der Waals surface area contributed by atoms with Crippen molar-refractivity contribution in [2.75, 3.05) is 5.75 Å². The maximum absolute atomic E-state index is 14.2. The van der Waals surface area contributed by atoms with Crippen LogP contribution in [0.15, 0.2) is 42.5 Å². The molecule has 0 heterocycles. The molecule has 0 radical (unpaired) electrons. The molecule has 7 heteroatoms. The lowest BCUT2D eigenvalue weighted by Gasteiger charge is -2.72. The number of ketones is 1. The van der Waals surface area contributed by atoms with Gasteiger partial charge in [-0.05, 0) is 146 Å². The van der Waals surface area contributed by atoms with Crippen LogP contribution in [0.5, 0.6) is 0 Å². The number of carboxylic acid groups (broad SMARTS) is 1. The Kier molecular flexibility index (Phi) is 8.39. The quantitative estimate of drug-likeness (QED) is 0.212. The summed E-state index contributed by atoms with van der Waals surface area (Å²) < 4.78 is 32.2. The van der Waals surface area contributed by atoms with E-state index < -0.39 is 21.5 Å². The van der Waals surface area contributed by atoms with Crippen LogP contribution in [0.1, 0.15) is 128 Å². The number of benzene rings is 1. The predicted octanol–water partition coefficient (Wildman–Crippen LogP) is 9.27. The largest absolute Gasteiger partial charge is 0.478 e. The minimum atomic E-state index is -4.09. The summed E-state index contributed by atoms with van der Waals surface area (Å²) in [6.07, 6.45) is 12.2. The number of fused-ring (bicyclic) bond motifs is 7. The van der Waals surface area contributed by atoms with E-state index in [0.717, 1.165) is 56.9 Å². The van der Waals surface area contributed by atoms with Gasteiger partial charge in [-0.15, -0.1) is 0 Å². The zero-order valence-electron chi connectivity index (χ0n) is 29.4. The summed E-state index contributed by atoms with van der Waals surface area (Å²) >= 11 is 0. The van der Waals surface area contributed by atoms with Crippen LogP contribution in [0.2, 0.25) is 0 Å². The Morgan fingerprint density at radius 2 is 1.57 bits per heavy atom. The van der Waals surface area contributed by atoms with Crippen LogP contribution < -0.4 is 0 Å². The highest BCUT2D eigenvalue weighted by Gasteiger charge is 2.71. The van der Waals surface area contributed by atoms with E-state index in [1.54, 1.807) is 12.1 Å². The monoisotopic (exact) mass is 664 g/mol. The molecule has 1 aromatic rings. The van der Waals surface area contributed by atoms with Crippen LogP contribution in [0, 0.1) is 56.7 Å². The highest BCUT2D eigenvalue weighted by atomic mass is 32.2. The summed E-state index contributed by atoms with van der Waals surface area (Å²) in [4.78, 5) is 25.7. The number of allylic oxidation sites excluding steroid dienone is 3. The van der Waals surface area contributed by atoms with E-state index in [2.05, 4.69) is 54.2 Å². The summed E-state index contributed by atoms with van der Waals surface area (Å²) in [6, 6.07) is 7.42. The summed E-state index contributed by atoms with van der Waals surface area (Å²) in [5.74, 6) is 0.992. The van der Waals surface area contributed by atoms with Gasteiger partial charge in [-0.2, -0.15) is 8.42 Å². The molecule has 9 atom stereocenters. The van der Waals surface area contributed by atoms with E-state index in [4.69, 9.17) is 0 Å². The summed E-state index contributed by atoms with van der Waals surface area (Å²) in [7, 11) is -4.09. The second-order valence-corrected chi connectivity index (χ2v) is 19.2. The molecule has 0 aliphatic heterocycles. The van der Waals surface area contributed by atoms with Gasteiger partial charge in [0, 0.05) is 11.8 Å². The first-order valence-corrected chi connectivity index (χ1v) is 19.6. The number of rotatable bonds is 8. The fourth-order valence-electron chi connectivity index (χ4n) is 13.2. The minimum Gasteiger partial charge on any atom is -0.478 e. The molecule has 47 heavy (non-hydrogen) atoms. The SMILES string of the molecule is C=C(C)[C@@H]1CC[C@]2(C(=O)CCCS(=O)(=O)O)CC[C@]3(C)[C@H](CC[C@@H]4[C@@]5(C)CC=C(c6ccc(C(=O)O)cc6)C(C)(C)[C@@H]5CC[C@]43C)[C@@H]12. The van der Waals surface area contributed by atoms with Crippen LogP contribution in [0.4, 0.5) is 0 Å². The Morgan fingerprint density at radius 1 is 0.894 bits per heavy atom. The Balaban J connectivity index is 1.33. The molecule has 0 saturated heterocycles. The van der Waals surface area contributed by atoms with Crippen LogP contribution in [-0.2, 0) is 14.9 Å². The lowest BCUT2D eigenvalue weighted by atomic mass is 9.32. The van der Waals surface area contributed by atoms with E-state index in [9.17, 15) is 27.7 Å². The van der Waals surface area contributed by atoms with E-state index >= 15 is 0 Å². The molecule has 5 aliphatic rings. The molecule has 6 rings (SSSR count). The third-order valence-corrected chi connectivity index (χ3v) is 16.3. The molecule has 0 bridgehead atoms. The number of carbonyl (C=O) groups is 2. The van der Waals surface area contributed by atoms with Crippen LogP contribution in [0.3, 0.4) is 0 Å². The molecule has 0 unspecified atom stereocenters. The molecule has 5 aliphatic carbocycles. The summed E-state index contributed by atoms with van der Waals surface area (Å²) in [5, 5.41) is 9.44. The van der Waals surface area contributed by atoms with Crippen molar-refractivity contribution in [3.63, 3.8) is 0 Å². The average Bonchev–Trinajstić information content (AvgIpc) is 3.38. The Labute approximate surface area is 282 Å². The van der Waals surface area contributed by atoms with E-state index in [-0.39, 0.29) is 52.0 Å². The molecule has 6 nitrogen and oxygen atoms in total. The molecular formula is C40H56O6S. The molecule has 258 valence electrons. The highest BCUT2D eigenvalue weighted by molar-refractivity contribution is 7.85. The second-order valence-electron chi connectivity index (χ2n) is 17.6. The average molecular weight is 665 g/mol. The number of Topliss-reactive ketones (excluding diaryl/α,β-unsaturated/α-hetero) is 1. The zero-order chi connectivity index (χ0) is 34.4. The molecule has 2 N–H and O–H groups in total.